The second-order valence-electron chi connectivity index (χ2n) is 11.7. The fraction of sp³-hybridized carbons (Fsp3) is 0.353. The van der Waals surface area contributed by atoms with Crippen molar-refractivity contribution in [2.45, 2.75) is 66.8 Å². The molecule has 0 bridgehead atoms. The molecule has 0 aliphatic heterocycles. The lowest BCUT2D eigenvalue weighted by atomic mass is 9.86. The molecule has 2 aromatic carbocycles. The van der Waals surface area contributed by atoms with E-state index < -0.39 is 0 Å². The minimum Gasteiger partial charge on any atom is -0.200 e. The number of benzene rings is 2. The third kappa shape index (κ3) is 5.59. The van der Waals surface area contributed by atoms with Crippen LogP contribution in [0.25, 0.3) is 22.5 Å². The number of rotatable bonds is 6. The van der Waals surface area contributed by atoms with E-state index in [1.807, 2.05) is 0 Å². The van der Waals surface area contributed by atoms with Gasteiger partial charge in [-0.25, -0.2) is 4.57 Å². The molecule has 0 N–H and O–H groups in total. The van der Waals surface area contributed by atoms with Crippen molar-refractivity contribution in [1.29, 1.82) is 0 Å². The highest BCUT2D eigenvalue weighted by molar-refractivity contribution is 5.65. The minimum absolute atomic E-state index is 0.0692. The van der Waals surface area contributed by atoms with Crippen molar-refractivity contribution in [1.82, 2.24) is 0 Å². The van der Waals surface area contributed by atoms with E-state index in [9.17, 15) is 0 Å². The lowest BCUT2D eigenvalue weighted by Gasteiger charge is -2.20. The fourth-order valence-corrected chi connectivity index (χ4v) is 5.13. The van der Waals surface area contributed by atoms with Crippen LogP contribution in [0.5, 0.6) is 0 Å². The van der Waals surface area contributed by atoms with E-state index in [0.29, 0.717) is 5.92 Å². The van der Waals surface area contributed by atoms with E-state index in [2.05, 4.69) is 144 Å². The van der Waals surface area contributed by atoms with Crippen LogP contribution in [0.3, 0.4) is 0 Å². The molecule has 4 aromatic rings. The summed E-state index contributed by atoms with van der Waals surface area (Å²) in [6, 6.07) is 24.5. The first kappa shape index (κ1) is 25.8. The summed E-state index contributed by atoms with van der Waals surface area (Å²) in [7, 11) is 2.20. The summed E-state index contributed by atoms with van der Waals surface area (Å²) in [5, 5.41) is 0. The number of hydrogen-bond acceptors (Lipinski definition) is 0. The van der Waals surface area contributed by atoms with Crippen molar-refractivity contribution in [3.63, 3.8) is 0 Å². The highest BCUT2D eigenvalue weighted by Crippen LogP contribution is 2.29. The molecule has 0 aliphatic carbocycles. The van der Waals surface area contributed by atoms with Crippen molar-refractivity contribution in [2.24, 2.45) is 13.0 Å². The Kier molecular flexibility index (Phi) is 7.45. The van der Waals surface area contributed by atoms with Crippen molar-refractivity contribution >= 4 is 0 Å². The molecule has 2 aromatic heterocycles. The third-order valence-electron chi connectivity index (χ3n) is 7.08. The summed E-state index contributed by atoms with van der Waals surface area (Å²) in [5.74, 6) is 0.618. The van der Waals surface area contributed by atoms with Crippen molar-refractivity contribution in [3.05, 3.63) is 107 Å². The molecule has 36 heavy (non-hydrogen) atoms. The molecule has 0 saturated carbocycles. The molecule has 2 heteroatoms. The van der Waals surface area contributed by atoms with Crippen LogP contribution in [0.15, 0.2) is 79.1 Å². The largest absolute Gasteiger partial charge is 0.222 e. The number of aryl methyl sites for hydroxylation is 3. The molecule has 2 heterocycles. The summed E-state index contributed by atoms with van der Waals surface area (Å²) in [6.45, 7) is 16.7. The van der Waals surface area contributed by atoms with Crippen LogP contribution in [-0.4, -0.2) is 0 Å². The summed E-state index contributed by atoms with van der Waals surface area (Å²) in [6.07, 6.45) is 5.77. The summed E-state index contributed by atoms with van der Waals surface area (Å²) in [5.41, 5.74) is 11.9. The maximum atomic E-state index is 2.48. The van der Waals surface area contributed by atoms with E-state index in [1.54, 1.807) is 0 Å². The first-order valence-corrected chi connectivity index (χ1v) is 13.2. The molecule has 186 valence electrons. The molecule has 0 radical (unpaired) electrons. The molecule has 0 spiro atoms. The van der Waals surface area contributed by atoms with Gasteiger partial charge in [0.2, 0.25) is 11.4 Å². The average Bonchev–Trinajstić information content (AvgIpc) is 2.80. The summed E-state index contributed by atoms with van der Waals surface area (Å²) >= 11 is 0. The van der Waals surface area contributed by atoms with Gasteiger partial charge in [0.25, 0.3) is 0 Å². The van der Waals surface area contributed by atoms with Gasteiger partial charge in [0.1, 0.15) is 7.05 Å². The molecular formula is C34H42N2+2. The van der Waals surface area contributed by atoms with Crippen LogP contribution >= 0.6 is 0 Å². The Morgan fingerprint density at radius 3 is 1.97 bits per heavy atom. The average molecular weight is 479 g/mol. The number of aromatic nitrogens is 2. The van der Waals surface area contributed by atoms with Gasteiger partial charge >= 0.3 is 0 Å². The number of nitrogens with zero attached hydrogens (tertiary/aromatic N) is 2. The SMILES string of the molecule is Cc1ccccc1-c1c(C[n+]2cc(CC(C)C)ccc2-c2ccccc2C)cc(C(C)(C)C)c[n+]1C. The predicted molar refractivity (Wildman–Crippen MR) is 151 cm³/mol. The van der Waals surface area contributed by atoms with Crippen molar-refractivity contribution < 1.29 is 9.13 Å². The summed E-state index contributed by atoms with van der Waals surface area (Å²) < 4.78 is 4.81. The molecule has 0 fully saturated rings. The molecule has 4 rings (SSSR count). The third-order valence-corrected chi connectivity index (χ3v) is 7.08. The van der Waals surface area contributed by atoms with E-state index in [0.717, 1.165) is 13.0 Å². The molecule has 0 atom stereocenters. The smallest absolute Gasteiger partial charge is 0.200 e. The lowest BCUT2D eigenvalue weighted by Crippen LogP contribution is -2.41. The van der Waals surface area contributed by atoms with Crippen LogP contribution in [0, 0.1) is 19.8 Å². The van der Waals surface area contributed by atoms with E-state index >= 15 is 0 Å². The maximum Gasteiger partial charge on any atom is 0.222 e. The number of pyridine rings is 2. The molecule has 0 saturated heterocycles. The van der Waals surface area contributed by atoms with E-state index in [1.165, 1.54) is 50.3 Å². The highest BCUT2D eigenvalue weighted by atomic mass is 15.0. The standard InChI is InChI=1S/C34H42N2/c1-24(2)19-27-17-18-32(30-15-11-9-13-25(30)3)36(21-27)22-28-20-29(34(5,6)7)23-35(8)33(28)31-16-12-10-14-26(31)4/h9-18,20-21,23-24H,19,22H2,1-8H3/q+2. The Balaban J connectivity index is 1.96. The van der Waals surface area contributed by atoms with Gasteiger partial charge in [-0.2, -0.15) is 4.57 Å². The Morgan fingerprint density at radius 2 is 1.39 bits per heavy atom. The first-order valence-electron chi connectivity index (χ1n) is 13.2. The minimum atomic E-state index is 0.0692. The first-order chi connectivity index (χ1) is 17.0. The van der Waals surface area contributed by atoms with Gasteiger partial charge < -0.3 is 0 Å². The van der Waals surface area contributed by atoms with Gasteiger partial charge in [-0.05, 0) is 67.0 Å². The van der Waals surface area contributed by atoms with Crippen LogP contribution < -0.4 is 9.13 Å². The van der Waals surface area contributed by atoms with E-state index in [4.69, 9.17) is 0 Å². The predicted octanol–water partition coefficient (Wildman–Crippen LogP) is 7.29. The number of hydrogen-bond donors (Lipinski definition) is 0. The van der Waals surface area contributed by atoms with Crippen LogP contribution in [0.2, 0.25) is 0 Å². The summed E-state index contributed by atoms with van der Waals surface area (Å²) in [4.78, 5) is 0. The van der Waals surface area contributed by atoms with Gasteiger partial charge in [0.15, 0.2) is 18.9 Å². The molecular weight excluding hydrogens is 436 g/mol. The van der Waals surface area contributed by atoms with Crippen LogP contribution in [-0.2, 0) is 25.4 Å². The monoisotopic (exact) mass is 478 g/mol. The second-order valence-corrected chi connectivity index (χ2v) is 11.7. The fourth-order valence-electron chi connectivity index (χ4n) is 5.13. The quantitative estimate of drug-likeness (QED) is 0.257. The topological polar surface area (TPSA) is 7.76 Å². The van der Waals surface area contributed by atoms with Gasteiger partial charge in [0, 0.05) is 28.3 Å². The van der Waals surface area contributed by atoms with Crippen molar-refractivity contribution in [2.75, 3.05) is 0 Å². The zero-order valence-electron chi connectivity index (χ0n) is 23.4. The Labute approximate surface area is 218 Å². The van der Waals surface area contributed by atoms with Gasteiger partial charge in [-0.3, -0.25) is 0 Å². The Morgan fingerprint density at radius 1 is 0.778 bits per heavy atom. The van der Waals surface area contributed by atoms with E-state index in [-0.39, 0.29) is 5.41 Å². The molecule has 0 aliphatic rings. The molecule has 2 nitrogen and oxygen atoms in total. The van der Waals surface area contributed by atoms with Crippen LogP contribution in [0.1, 0.15) is 62.4 Å². The van der Waals surface area contributed by atoms with Crippen molar-refractivity contribution in [3.8, 4) is 22.5 Å². The molecule has 0 amide bonds. The Bertz CT molecular complexity index is 1370. The zero-order valence-corrected chi connectivity index (χ0v) is 23.4. The van der Waals surface area contributed by atoms with Gasteiger partial charge in [-0.1, -0.05) is 71.0 Å². The normalized spacial score (nSPS) is 11.8. The van der Waals surface area contributed by atoms with Gasteiger partial charge in [-0.15, -0.1) is 0 Å². The molecule has 0 unspecified atom stereocenters. The maximum absolute atomic E-state index is 2.48. The second kappa shape index (κ2) is 10.4. The highest BCUT2D eigenvalue weighted by Gasteiger charge is 2.28. The Hall–Kier alpha value is -3.26. The van der Waals surface area contributed by atoms with Gasteiger partial charge in [0.05, 0.1) is 5.56 Å². The zero-order chi connectivity index (χ0) is 26.0. The lowest BCUT2D eigenvalue weighted by molar-refractivity contribution is -0.683. The van der Waals surface area contributed by atoms with Crippen LogP contribution in [0.4, 0.5) is 0 Å².